The van der Waals surface area contributed by atoms with E-state index in [-0.39, 0.29) is 6.42 Å². The van der Waals surface area contributed by atoms with E-state index >= 15 is 0 Å². The Morgan fingerprint density at radius 2 is 2.19 bits per heavy atom. The lowest BCUT2D eigenvalue weighted by atomic mass is 10.2. The summed E-state index contributed by atoms with van der Waals surface area (Å²) in [5.41, 5.74) is 4.90. The molecule has 0 radical (unpaired) electrons. The molecule has 0 rings (SSSR count). The Kier molecular flexibility index (Phi) is 7.23. The summed E-state index contributed by atoms with van der Waals surface area (Å²) in [7, 11) is 0. The first kappa shape index (κ1) is 14.7. The molecule has 0 saturated heterocycles. The number of carbonyl (C=O) groups is 1. The van der Waals surface area contributed by atoms with Crippen LogP contribution in [0.3, 0.4) is 0 Å². The van der Waals surface area contributed by atoms with Gasteiger partial charge in [-0.2, -0.15) is 0 Å². The minimum atomic E-state index is -1.94. The van der Waals surface area contributed by atoms with Crippen LogP contribution in [0.5, 0.6) is 0 Å². The van der Waals surface area contributed by atoms with Gasteiger partial charge >= 0.3 is 5.97 Å². The molecule has 0 heterocycles. The number of halogens is 2. The largest absolute Gasteiger partial charge is 0.480 e. The van der Waals surface area contributed by atoms with Gasteiger partial charge in [-0.25, -0.2) is 8.78 Å². The minimum absolute atomic E-state index is 0.211. The zero-order chi connectivity index (χ0) is 12.6. The molecule has 1 unspecified atom stereocenters. The van der Waals surface area contributed by atoms with Gasteiger partial charge in [0.25, 0.3) is 0 Å². The summed E-state index contributed by atoms with van der Waals surface area (Å²) in [5.74, 6) is -4.17. The molecule has 0 aliphatic rings. The summed E-state index contributed by atoms with van der Waals surface area (Å²) >= 11 is 0. The van der Waals surface area contributed by atoms with Gasteiger partial charge in [0.05, 0.1) is 0 Å². The van der Waals surface area contributed by atoms with Crippen LogP contribution in [0.25, 0.3) is 0 Å². The third-order valence-corrected chi connectivity index (χ3v) is 1.79. The number of nitrogens with one attached hydrogen (secondary N) is 2. The van der Waals surface area contributed by atoms with E-state index in [1.807, 2.05) is 0 Å². The van der Waals surface area contributed by atoms with Crippen molar-refractivity contribution >= 4 is 12.2 Å². The van der Waals surface area contributed by atoms with Gasteiger partial charge in [-0.15, -0.1) is 0 Å². The van der Waals surface area contributed by atoms with Crippen LogP contribution in [-0.2, 0) is 4.79 Å². The summed E-state index contributed by atoms with van der Waals surface area (Å²) in [5, 5.41) is 17.8. The maximum atomic E-state index is 13.0. The molecule has 0 aliphatic heterocycles. The van der Waals surface area contributed by atoms with Crippen LogP contribution in [0, 0.1) is 5.41 Å². The second-order valence-corrected chi connectivity index (χ2v) is 3.08. The quantitative estimate of drug-likeness (QED) is 0.365. The summed E-state index contributed by atoms with van der Waals surface area (Å²) in [6.07, 6.45) is 1.24. The standard InChI is InChI=1S/C9H15F2N3O2/c10-6(2-1-4-14-5-3-12)7(11)8(13)9(15)16/h3,8,12,14H,1-2,4-5,13H2,(H,15,16). The number of rotatable bonds is 8. The van der Waals surface area contributed by atoms with E-state index in [1.165, 1.54) is 0 Å². The minimum Gasteiger partial charge on any atom is -0.480 e. The second kappa shape index (κ2) is 7.89. The van der Waals surface area contributed by atoms with Crippen molar-refractivity contribution in [2.24, 2.45) is 5.73 Å². The van der Waals surface area contributed by atoms with Crippen molar-refractivity contribution < 1.29 is 18.7 Å². The molecule has 0 spiro atoms. The number of aliphatic carboxylic acids is 1. The van der Waals surface area contributed by atoms with Crippen molar-refractivity contribution in [3.8, 4) is 0 Å². The van der Waals surface area contributed by atoms with Crippen molar-refractivity contribution in [2.75, 3.05) is 13.1 Å². The topological polar surface area (TPSA) is 99.2 Å². The number of allylic oxidation sites excluding steroid dienone is 1. The van der Waals surface area contributed by atoms with Gasteiger partial charge < -0.3 is 21.6 Å². The molecular weight excluding hydrogens is 220 g/mol. The first-order valence-corrected chi connectivity index (χ1v) is 4.72. The smallest absolute Gasteiger partial charge is 0.327 e. The Bertz CT molecular complexity index is 282. The Morgan fingerprint density at radius 3 is 2.69 bits per heavy atom. The number of hydrogen-bond acceptors (Lipinski definition) is 4. The maximum Gasteiger partial charge on any atom is 0.327 e. The Labute approximate surface area is 91.8 Å². The number of nitrogens with two attached hydrogens (primary N) is 1. The Balaban J connectivity index is 4.01. The molecule has 0 aromatic heterocycles. The number of carboxylic acids is 1. The average Bonchev–Trinajstić information content (AvgIpc) is 2.26. The third-order valence-electron chi connectivity index (χ3n) is 1.79. The molecule has 16 heavy (non-hydrogen) atoms. The van der Waals surface area contributed by atoms with Crippen LogP contribution >= 0.6 is 0 Å². The van der Waals surface area contributed by atoms with E-state index in [2.05, 4.69) is 5.32 Å². The van der Waals surface area contributed by atoms with Crippen molar-refractivity contribution in [2.45, 2.75) is 18.9 Å². The summed E-state index contributed by atoms with van der Waals surface area (Å²) in [6.45, 7) is 0.779. The lowest BCUT2D eigenvalue weighted by Gasteiger charge is -2.05. The molecular formula is C9H15F2N3O2. The fraction of sp³-hybridized carbons (Fsp3) is 0.556. The van der Waals surface area contributed by atoms with E-state index < -0.39 is 23.7 Å². The molecule has 5 nitrogen and oxygen atoms in total. The third kappa shape index (κ3) is 5.52. The van der Waals surface area contributed by atoms with E-state index in [4.69, 9.17) is 16.2 Å². The van der Waals surface area contributed by atoms with Crippen molar-refractivity contribution in [1.82, 2.24) is 5.32 Å². The summed E-state index contributed by atoms with van der Waals surface area (Å²) in [6, 6.07) is -1.94. The molecule has 0 aliphatic carbocycles. The SMILES string of the molecule is N=CCNCCCC(F)=C(F)C(N)C(=O)O. The fourth-order valence-corrected chi connectivity index (χ4v) is 0.939. The first-order chi connectivity index (χ1) is 7.50. The van der Waals surface area contributed by atoms with Crippen LogP contribution in [0.1, 0.15) is 12.8 Å². The maximum absolute atomic E-state index is 13.0. The Hall–Kier alpha value is -1.34. The van der Waals surface area contributed by atoms with Gasteiger partial charge in [0.2, 0.25) is 0 Å². The van der Waals surface area contributed by atoms with Crippen LogP contribution in [0.2, 0.25) is 0 Å². The lowest BCUT2D eigenvalue weighted by molar-refractivity contribution is -0.138. The fourth-order valence-electron chi connectivity index (χ4n) is 0.939. The lowest BCUT2D eigenvalue weighted by Crippen LogP contribution is -2.31. The van der Waals surface area contributed by atoms with E-state index in [0.29, 0.717) is 19.5 Å². The highest BCUT2D eigenvalue weighted by molar-refractivity contribution is 5.76. The molecule has 92 valence electrons. The molecule has 7 heteroatoms. The Morgan fingerprint density at radius 1 is 1.56 bits per heavy atom. The van der Waals surface area contributed by atoms with E-state index in [9.17, 15) is 13.6 Å². The van der Waals surface area contributed by atoms with Crippen LogP contribution in [0.4, 0.5) is 8.78 Å². The first-order valence-electron chi connectivity index (χ1n) is 4.72. The average molecular weight is 235 g/mol. The highest BCUT2D eigenvalue weighted by Crippen LogP contribution is 2.16. The molecule has 1 atom stereocenters. The molecule has 0 aromatic rings. The van der Waals surface area contributed by atoms with Gasteiger partial charge in [-0.3, -0.25) is 4.79 Å². The summed E-state index contributed by atoms with van der Waals surface area (Å²) in [4.78, 5) is 10.3. The van der Waals surface area contributed by atoms with Gasteiger partial charge in [-0.1, -0.05) is 0 Å². The van der Waals surface area contributed by atoms with Gasteiger partial charge in [-0.05, 0) is 13.0 Å². The van der Waals surface area contributed by atoms with E-state index in [0.717, 1.165) is 6.21 Å². The highest BCUT2D eigenvalue weighted by atomic mass is 19.2. The predicted molar refractivity (Wildman–Crippen MR) is 55.7 cm³/mol. The normalized spacial score (nSPS) is 14.2. The van der Waals surface area contributed by atoms with Crippen LogP contribution < -0.4 is 11.1 Å². The van der Waals surface area contributed by atoms with Crippen LogP contribution in [-0.4, -0.2) is 36.4 Å². The van der Waals surface area contributed by atoms with Crippen LogP contribution in [0.15, 0.2) is 11.7 Å². The molecule has 5 N–H and O–H groups in total. The molecule has 0 saturated carbocycles. The summed E-state index contributed by atoms with van der Waals surface area (Å²) < 4.78 is 26.0. The van der Waals surface area contributed by atoms with E-state index in [1.54, 1.807) is 0 Å². The molecule has 0 fully saturated rings. The highest BCUT2D eigenvalue weighted by Gasteiger charge is 2.21. The molecule has 0 amide bonds. The van der Waals surface area contributed by atoms with Gasteiger partial charge in [0, 0.05) is 19.2 Å². The predicted octanol–water partition coefficient (Wildman–Crippen LogP) is 0.568. The monoisotopic (exact) mass is 235 g/mol. The van der Waals surface area contributed by atoms with Crippen molar-refractivity contribution in [3.05, 3.63) is 11.7 Å². The molecule has 0 aromatic carbocycles. The number of hydrogen-bond donors (Lipinski definition) is 4. The van der Waals surface area contributed by atoms with Gasteiger partial charge in [0.15, 0.2) is 11.9 Å². The van der Waals surface area contributed by atoms with Crippen molar-refractivity contribution in [3.63, 3.8) is 0 Å². The second-order valence-electron chi connectivity index (χ2n) is 3.08. The van der Waals surface area contributed by atoms with Gasteiger partial charge in [0.1, 0.15) is 5.83 Å². The zero-order valence-electron chi connectivity index (χ0n) is 8.67. The molecule has 0 bridgehead atoms. The number of carboxylic acid groups (broad SMARTS) is 1. The van der Waals surface area contributed by atoms with Crippen molar-refractivity contribution in [1.29, 1.82) is 5.41 Å². The zero-order valence-corrected chi connectivity index (χ0v) is 8.67.